The number of H-pyrrole nitrogens is 1. The van der Waals surface area contributed by atoms with E-state index in [-0.39, 0.29) is 12.0 Å². The van der Waals surface area contributed by atoms with E-state index in [1.807, 2.05) is 42.5 Å². The molecular weight excluding hydrogens is 394 g/mol. The van der Waals surface area contributed by atoms with Crippen molar-refractivity contribution in [1.82, 2.24) is 9.88 Å². The van der Waals surface area contributed by atoms with Crippen LogP contribution in [0.15, 0.2) is 53.1 Å². The summed E-state index contributed by atoms with van der Waals surface area (Å²) in [5, 5.41) is 13.5. The van der Waals surface area contributed by atoms with Gasteiger partial charge in [-0.25, -0.2) is 0 Å². The fourth-order valence-electron chi connectivity index (χ4n) is 3.48. The third kappa shape index (κ3) is 3.53. The van der Waals surface area contributed by atoms with Crippen LogP contribution in [-0.4, -0.2) is 40.1 Å². The summed E-state index contributed by atoms with van der Waals surface area (Å²) in [5.74, 6) is -0.142. The van der Waals surface area contributed by atoms with Crippen LogP contribution in [0, 0.1) is 0 Å². The van der Waals surface area contributed by atoms with Gasteiger partial charge in [-0.15, -0.1) is 0 Å². The van der Waals surface area contributed by atoms with E-state index in [4.69, 9.17) is 0 Å². The first-order valence-electron chi connectivity index (χ1n) is 8.66. The first kappa shape index (κ1) is 17.3. The number of carbonyl (C=O) groups excluding carboxylic acids is 1. The van der Waals surface area contributed by atoms with Gasteiger partial charge in [0.1, 0.15) is 0 Å². The first-order valence-corrected chi connectivity index (χ1v) is 9.46. The zero-order chi connectivity index (χ0) is 18.1. The number of rotatable bonds is 4. The number of hydrogen-bond donors (Lipinski definition) is 3. The number of amides is 1. The van der Waals surface area contributed by atoms with E-state index in [0.29, 0.717) is 12.1 Å². The summed E-state index contributed by atoms with van der Waals surface area (Å²) in [7, 11) is 0. The van der Waals surface area contributed by atoms with Crippen molar-refractivity contribution in [3.8, 4) is 0 Å². The average molecular weight is 414 g/mol. The van der Waals surface area contributed by atoms with Crippen LogP contribution in [-0.2, 0) is 6.54 Å². The molecule has 2 aromatic carbocycles. The molecule has 0 aliphatic carbocycles. The third-order valence-corrected chi connectivity index (χ3v) is 5.40. The Morgan fingerprint density at radius 2 is 2.15 bits per heavy atom. The lowest BCUT2D eigenvalue weighted by atomic mass is 10.1. The molecule has 1 fully saturated rings. The molecule has 0 spiro atoms. The molecule has 1 atom stereocenters. The second kappa shape index (κ2) is 7.23. The lowest BCUT2D eigenvalue weighted by Crippen LogP contribution is -2.21. The van der Waals surface area contributed by atoms with Crippen molar-refractivity contribution in [2.75, 3.05) is 18.4 Å². The molecule has 0 radical (unpaired) electrons. The van der Waals surface area contributed by atoms with E-state index < -0.39 is 0 Å². The summed E-state index contributed by atoms with van der Waals surface area (Å²) in [5.41, 5.74) is 3.43. The number of nitrogens with one attached hydrogen (secondary N) is 2. The molecule has 26 heavy (non-hydrogen) atoms. The highest BCUT2D eigenvalue weighted by Crippen LogP contribution is 2.27. The fraction of sp³-hybridized carbons (Fsp3) is 0.250. The largest absolute Gasteiger partial charge is 0.392 e. The van der Waals surface area contributed by atoms with E-state index >= 15 is 0 Å². The summed E-state index contributed by atoms with van der Waals surface area (Å²) < 4.78 is 0.891. The first-order chi connectivity index (χ1) is 12.6. The van der Waals surface area contributed by atoms with Crippen molar-refractivity contribution in [3.63, 3.8) is 0 Å². The zero-order valence-corrected chi connectivity index (χ0v) is 15.8. The van der Waals surface area contributed by atoms with Crippen molar-refractivity contribution >= 4 is 38.4 Å². The Kier molecular flexibility index (Phi) is 4.80. The normalized spacial score (nSPS) is 17.7. The SMILES string of the molecule is O=C(Nc1cccc(CN2CCC(O)C2)c1)c1c[nH]c2cccc(Br)c12. The number of fused-ring (bicyclic) bond motifs is 1. The number of anilines is 1. The minimum absolute atomic E-state index is 0.142. The van der Waals surface area contributed by atoms with E-state index in [1.54, 1.807) is 6.20 Å². The quantitative estimate of drug-likeness (QED) is 0.609. The van der Waals surface area contributed by atoms with Gasteiger partial charge in [-0.1, -0.05) is 34.1 Å². The van der Waals surface area contributed by atoms with Gasteiger partial charge in [0.05, 0.1) is 11.7 Å². The number of benzene rings is 2. The predicted molar refractivity (Wildman–Crippen MR) is 106 cm³/mol. The number of aliphatic hydroxyl groups excluding tert-OH is 1. The zero-order valence-electron chi connectivity index (χ0n) is 14.2. The van der Waals surface area contributed by atoms with Gasteiger partial charge in [0.25, 0.3) is 5.91 Å². The van der Waals surface area contributed by atoms with Crippen LogP contribution in [0.25, 0.3) is 10.9 Å². The Bertz CT molecular complexity index is 953. The molecule has 1 amide bonds. The molecule has 6 heteroatoms. The topological polar surface area (TPSA) is 68.4 Å². The Balaban J connectivity index is 1.51. The minimum atomic E-state index is -0.224. The highest BCUT2D eigenvalue weighted by atomic mass is 79.9. The van der Waals surface area contributed by atoms with Gasteiger partial charge in [-0.05, 0) is 36.2 Å². The van der Waals surface area contributed by atoms with Gasteiger partial charge < -0.3 is 15.4 Å². The molecule has 3 aromatic rings. The highest BCUT2D eigenvalue weighted by Gasteiger charge is 2.20. The molecule has 2 heterocycles. The van der Waals surface area contributed by atoms with E-state index in [1.165, 1.54) is 0 Å². The number of halogens is 1. The fourth-order valence-corrected chi connectivity index (χ4v) is 4.06. The van der Waals surface area contributed by atoms with Crippen molar-refractivity contribution in [3.05, 3.63) is 64.3 Å². The number of carbonyl (C=O) groups is 1. The van der Waals surface area contributed by atoms with Gasteiger partial charge in [-0.2, -0.15) is 0 Å². The van der Waals surface area contributed by atoms with Crippen LogP contribution in [0.3, 0.4) is 0 Å². The van der Waals surface area contributed by atoms with E-state index in [2.05, 4.69) is 31.1 Å². The maximum absolute atomic E-state index is 12.7. The maximum Gasteiger partial charge on any atom is 0.257 e. The van der Waals surface area contributed by atoms with E-state index in [0.717, 1.165) is 46.1 Å². The summed E-state index contributed by atoms with van der Waals surface area (Å²) in [6.45, 7) is 2.39. The standard InChI is InChI=1S/C20H20BrN3O2/c21-17-5-2-6-18-19(17)16(10-22-18)20(26)23-14-4-1-3-13(9-14)11-24-8-7-15(25)12-24/h1-6,9-10,15,22,25H,7-8,11-12H2,(H,23,26). The molecule has 1 aromatic heterocycles. The van der Waals surface area contributed by atoms with Crippen LogP contribution in [0.1, 0.15) is 22.3 Å². The Morgan fingerprint density at radius 3 is 2.96 bits per heavy atom. The van der Waals surface area contributed by atoms with Crippen LogP contribution < -0.4 is 5.32 Å². The number of likely N-dealkylation sites (tertiary alicyclic amines) is 1. The Labute approximate surface area is 160 Å². The van der Waals surface area contributed by atoms with Gasteiger partial charge in [0.2, 0.25) is 0 Å². The molecule has 134 valence electrons. The molecular formula is C20H20BrN3O2. The third-order valence-electron chi connectivity index (χ3n) is 4.74. The number of aromatic nitrogens is 1. The van der Waals surface area contributed by atoms with Crippen LogP contribution in [0.4, 0.5) is 5.69 Å². The number of hydrogen-bond acceptors (Lipinski definition) is 3. The van der Waals surface area contributed by atoms with Crippen molar-refractivity contribution in [2.45, 2.75) is 19.1 Å². The Morgan fingerprint density at radius 1 is 1.31 bits per heavy atom. The molecule has 0 bridgehead atoms. The lowest BCUT2D eigenvalue weighted by Gasteiger charge is -2.15. The number of aliphatic hydroxyl groups is 1. The number of nitrogens with zero attached hydrogens (tertiary/aromatic N) is 1. The summed E-state index contributed by atoms with van der Waals surface area (Å²) in [6.07, 6.45) is 2.34. The molecule has 1 saturated heterocycles. The molecule has 1 aliphatic heterocycles. The van der Waals surface area contributed by atoms with Crippen LogP contribution in [0.5, 0.6) is 0 Å². The smallest absolute Gasteiger partial charge is 0.257 e. The molecule has 0 saturated carbocycles. The highest BCUT2D eigenvalue weighted by molar-refractivity contribution is 9.10. The van der Waals surface area contributed by atoms with Crippen molar-refractivity contribution < 1.29 is 9.90 Å². The molecule has 5 nitrogen and oxygen atoms in total. The summed E-state index contributed by atoms with van der Waals surface area (Å²) >= 11 is 3.52. The molecule has 4 rings (SSSR count). The van der Waals surface area contributed by atoms with Gasteiger partial charge >= 0.3 is 0 Å². The number of aromatic amines is 1. The van der Waals surface area contributed by atoms with Crippen molar-refractivity contribution in [1.29, 1.82) is 0 Å². The molecule has 1 aliphatic rings. The van der Waals surface area contributed by atoms with E-state index in [9.17, 15) is 9.90 Å². The molecule has 3 N–H and O–H groups in total. The lowest BCUT2D eigenvalue weighted by molar-refractivity contribution is 0.102. The summed E-state index contributed by atoms with van der Waals surface area (Å²) in [6, 6.07) is 13.7. The molecule has 1 unspecified atom stereocenters. The van der Waals surface area contributed by atoms with Gasteiger partial charge in [0, 0.05) is 46.9 Å². The average Bonchev–Trinajstić information content (AvgIpc) is 3.22. The summed E-state index contributed by atoms with van der Waals surface area (Å²) in [4.78, 5) is 18.1. The monoisotopic (exact) mass is 413 g/mol. The van der Waals surface area contributed by atoms with Gasteiger partial charge in [0.15, 0.2) is 0 Å². The maximum atomic E-state index is 12.7. The van der Waals surface area contributed by atoms with Gasteiger partial charge in [-0.3, -0.25) is 9.69 Å². The second-order valence-electron chi connectivity index (χ2n) is 6.70. The van der Waals surface area contributed by atoms with Crippen LogP contribution >= 0.6 is 15.9 Å². The second-order valence-corrected chi connectivity index (χ2v) is 7.55. The van der Waals surface area contributed by atoms with Crippen molar-refractivity contribution in [2.24, 2.45) is 0 Å². The minimum Gasteiger partial charge on any atom is -0.392 e. The number of β-amino-alcohol motifs (C(OH)–C–C–N with tert-alkyl or cyclic N) is 1. The van der Waals surface area contributed by atoms with Crippen LogP contribution in [0.2, 0.25) is 0 Å². The predicted octanol–water partition coefficient (Wildman–Crippen LogP) is 3.75. The Hall–Kier alpha value is -2.15.